The Labute approximate surface area is 96.5 Å². The smallest absolute Gasteiger partial charge is 0.215 e. The Hall–Kier alpha value is -1.76. The lowest BCUT2D eigenvalue weighted by Crippen LogP contribution is -2.24. The van der Waals surface area contributed by atoms with Crippen LogP contribution >= 0.6 is 0 Å². The van der Waals surface area contributed by atoms with Crippen molar-refractivity contribution >= 4 is 5.82 Å². The highest BCUT2D eigenvalue weighted by Gasteiger charge is 2.06. The van der Waals surface area contributed by atoms with Gasteiger partial charge in [-0.25, -0.2) is 0 Å². The van der Waals surface area contributed by atoms with Crippen LogP contribution in [0.5, 0.6) is 5.88 Å². The number of aromatic nitrogens is 1. The van der Waals surface area contributed by atoms with E-state index in [1.54, 1.807) is 0 Å². The van der Waals surface area contributed by atoms with Crippen LogP contribution in [-0.2, 0) is 0 Å². The van der Waals surface area contributed by atoms with Crippen LogP contribution < -0.4 is 9.64 Å². The fraction of sp³-hybridized carbons (Fsp3) is 0.500. The van der Waals surface area contributed by atoms with E-state index in [-0.39, 0.29) is 0 Å². The molecule has 0 bridgehead atoms. The van der Waals surface area contributed by atoms with Gasteiger partial charge in [-0.3, -0.25) is 0 Å². The highest BCUT2D eigenvalue weighted by atomic mass is 16.5. The summed E-state index contributed by atoms with van der Waals surface area (Å²) in [5.41, 5.74) is 0. The van der Waals surface area contributed by atoms with Gasteiger partial charge in [-0.2, -0.15) is 10.2 Å². The number of hydrogen-bond acceptors (Lipinski definition) is 4. The number of anilines is 1. The molecule has 4 nitrogen and oxygen atoms in total. The van der Waals surface area contributed by atoms with Crippen LogP contribution in [0.3, 0.4) is 0 Å². The summed E-state index contributed by atoms with van der Waals surface area (Å²) in [5, 5.41) is 8.57. The molecule has 0 aliphatic rings. The predicted molar refractivity (Wildman–Crippen MR) is 63.5 cm³/mol. The van der Waals surface area contributed by atoms with Gasteiger partial charge in [0, 0.05) is 19.2 Å². The molecular formula is C12H17N3O. The first-order valence-corrected chi connectivity index (χ1v) is 5.53. The Morgan fingerprint density at radius 3 is 2.88 bits per heavy atom. The summed E-state index contributed by atoms with van der Waals surface area (Å²) >= 11 is 0. The highest BCUT2D eigenvalue weighted by molar-refractivity contribution is 5.40. The second kappa shape index (κ2) is 6.67. The van der Waals surface area contributed by atoms with Gasteiger partial charge < -0.3 is 9.64 Å². The van der Waals surface area contributed by atoms with Crippen molar-refractivity contribution in [3.05, 3.63) is 18.2 Å². The monoisotopic (exact) mass is 219 g/mol. The molecule has 0 saturated heterocycles. The summed E-state index contributed by atoms with van der Waals surface area (Å²) in [5.74, 6) is 1.50. The maximum Gasteiger partial charge on any atom is 0.215 e. The summed E-state index contributed by atoms with van der Waals surface area (Å²) < 4.78 is 5.34. The van der Waals surface area contributed by atoms with Gasteiger partial charge in [0.25, 0.3) is 0 Å². The average Bonchev–Trinajstić information content (AvgIpc) is 2.31. The van der Waals surface area contributed by atoms with Crippen molar-refractivity contribution in [2.24, 2.45) is 0 Å². The molecule has 0 saturated carbocycles. The average molecular weight is 219 g/mol. The summed E-state index contributed by atoms with van der Waals surface area (Å²) in [6.07, 6.45) is 0.508. The second-order valence-electron chi connectivity index (χ2n) is 3.25. The first kappa shape index (κ1) is 12.3. The lowest BCUT2D eigenvalue weighted by Gasteiger charge is -2.20. The molecule has 0 fully saturated rings. The zero-order valence-corrected chi connectivity index (χ0v) is 9.81. The van der Waals surface area contributed by atoms with E-state index in [1.165, 1.54) is 0 Å². The molecule has 0 radical (unpaired) electrons. The molecule has 0 aliphatic heterocycles. The van der Waals surface area contributed by atoms with Gasteiger partial charge in [0.05, 0.1) is 19.1 Å². The first-order valence-electron chi connectivity index (χ1n) is 5.53. The Kier molecular flexibility index (Phi) is 5.13. The van der Waals surface area contributed by atoms with Gasteiger partial charge >= 0.3 is 0 Å². The van der Waals surface area contributed by atoms with Gasteiger partial charge in [0.2, 0.25) is 5.88 Å². The minimum atomic E-state index is 0.508. The Morgan fingerprint density at radius 2 is 2.25 bits per heavy atom. The van der Waals surface area contributed by atoms with Crippen molar-refractivity contribution in [3.8, 4) is 11.9 Å². The molecule has 0 atom stereocenters. The molecule has 0 aromatic carbocycles. The van der Waals surface area contributed by atoms with Gasteiger partial charge in [-0.1, -0.05) is 6.07 Å². The lowest BCUT2D eigenvalue weighted by atomic mass is 10.3. The van der Waals surface area contributed by atoms with E-state index in [0.29, 0.717) is 25.5 Å². The van der Waals surface area contributed by atoms with E-state index in [9.17, 15) is 0 Å². The first-order chi connectivity index (χ1) is 7.81. The number of pyridine rings is 1. The summed E-state index contributed by atoms with van der Waals surface area (Å²) in [6, 6.07) is 7.83. The van der Waals surface area contributed by atoms with Crippen LogP contribution in [0.25, 0.3) is 0 Å². The van der Waals surface area contributed by atoms with Crippen molar-refractivity contribution in [1.29, 1.82) is 5.26 Å². The topological polar surface area (TPSA) is 49.1 Å². The molecule has 1 aromatic rings. The Bertz CT molecular complexity index is 360. The van der Waals surface area contributed by atoms with Crippen LogP contribution in [0.1, 0.15) is 20.3 Å². The zero-order chi connectivity index (χ0) is 11.8. The van der Waals surface area contributed by atoms with Crippen LogP contribution in [0, 0.1) is 11.3 Å². The van der Waals surface area contributed by atoms with Crippen LogP contribution in [0.15, 0.2) is 18.2 Å². The molecule has 0 aliphatic carbocycles. The standard InChI is InChI=1S/C12H17N3O/c1-3-15(10-6-9-13)11-7-5-8-12(14-11)16-4-2/h5,7-8H,3-4,6,10H2,1-2H3. The van der Waals surface area contributed by atoms with Crippen molar-refractivity contribution in [2.75, 3.05) is 24.6 Å². The molecule has 0 N–H and O–H groups in total. The Morgan fingerprint density at radius 1 is 1.44 bits per heavy atom. The maximum atomic E-state index is 8.57. The summed E-state index contributed by atoms with van der Waals surface area (Å²) in [7, 11) is 0. The number of rotatable bonds is 6. The fourth-order valence-electron chi connectivity index (χ4n) is 1.43. The van der Waals surface area contributed by atoms with Crippen molar-refractivity contribution in [1.82, 2.24) is 4.98 Å². The van der Waals surface area contributed by atoms with Gasteiger partial charge in [0.15, 0.2) is 0 Å². The summed E-state index contributed by atoms with van der Waals surface area (Å²) in [6.45, 7) is 6.13. The van der Waals surface area contributed by atoms with Crippen molar-refractivity contribution in [2.45, 2.75) is 20.3 Å². The van der Waals surface area contributed by atoms with E-state index in [4.69, 9.17) is 10.00 Å². The molecular weight excluding hydrogens is 202 g/mol. The minimum absolute atomic E-state index is 0.508. The van der Waals surface area contributed by atoms with Gasteiger partial charge in [0.1, 0.15) is 5.82 Å². The van der Waals surface area contributed by atoms with E-state index in [1.807, 2.05) is 32.0 Å². The molecule has 16 heavy (non-hydrogen) atoms. The maximum absolute atomic E-state index is 8.57. The van der Waals surface area contributed by atoms with E-state index in [2.05, 4.69) is 16.0 Å². The molecule has 1 heterocycles. The third-order valence-electron chi connectivity index (χ3n) is 2.20. The van der Waals surface area contributed by atoms with Crippen LogP contribution in [0.2, 0.25) is 0 Å². The van der Waals surface area contributed by atoms with Gasteiger partial charge in [-0.05, 0) is 19.9 Å². The molecule has 0 amide bonds. The normalized spacial score (nSPS) is 9.56. The van der Waals surface area contributed by atoms with Crippen molar-refractivity contribution < 1.29 is 4.74 Å². The molecule has 1 aromatic heterocycles. The third kappa shape index (κ3) is 3.43. The number of hydrogen-bond donors (Lipinski definition) is 0. The molecule has 0 unspecified atom stereocenters. The lowest BCUT2D eigenvalue weighted by molar-refractivity contribution is 0.327. The van der Waals surface area contributed by atoms with Crippen LogP contribution in [0.4, 0.5) is 5.82 Å². The molecule has 0 spiro atoms. The number of nitriles is 1. The summed E-state index contributed by atoms with van der Waals surface area (Å²) in [4.78, 5) is 6.44. The van der Waals surface area contributed by atoms with Gasteiger partial charge in [-0.15, -0.1) is 0 Å². The van der Waals surface area contributed by atoms with E-state index < -0.39 is 0 Å². The van der Waals surface area contributed by atoms with E-state index in [0.717, 1.165) is 12.4 Å². The molecule has 1 rings (SSSR count). The van der Waals surface area contributed by atoms with Crippen molar-refractivity contribution in [3.63, 3.8) is 0 Å². The molecule has 4 heteroatoms. The Balaban J connectivity index is 2.75. The third-order valence-corrected chi connectivity index (χ3v) is 2.20. The number of ether oxygens (including phenoxy) is 1. The largest absolute Gasteiger partial charge is 0.478 e. The van der Waals surface area contributed by atoms with E-state index >= 15 is 0 Å². The second-order valence-corrected chi connectivity index (χ2v) is 3.25. The fourth-order valence-corrected chi connectivity index (χ4v) is 1.43. The quantitative estimate of drug-likeness (QED) is 0.736. The SMILES string of the molecule is CCOc1cccc(N(CC)CCC#N)n1. The molecule has 86 valence electrons. The predicted octanol–water partition coefficient (Wildman–Crippen LogP) is 2.22. The minimum Gasteiger partial charge on any atom is -0.478 e. The zero-order valence-electron chi connectivity index (χ0n) is 9.81. The van der Waals surface area contributed by atoms with Crippen LogP contribution in [-0.4, -0.2) is 24.7 Å². The number of nitrogens with zero attached hydrogens (tertiary/aromatic N) is 3. The highest BCUT2D eigenvalue weighted by Crippen LogP contribution is 2.15.